The Hall–Kier alpha value is -1.85. The first-order chi connectivity index (χ1) is 9.02. The summed E-state index contributed by atoms with van der Waals surface area (Å²) in [6, 6.07) is 4.93. The van der Waals surface area contributed by atoms with Gasteiger partial charge in [0.1, 0.15) is 0 Å². The maximum Gasteiger partial charge on any atom is 0.416 e. The molecule has 0 aliphatic heterocycles. The van der Waals surface area contributed by atoms with E-state index < -0.39 is 11.7 Å². The van der Waals surface area contributed by atoms with E-state index in [9.17, 15) is 13.2 Å². The van der Waals surface area contributed by atoms with E-state index in [0.717, 1.165) is 37.1 Å². The van der Waals surface area contributed by atoms with Crippen LogP contribution in [0.1, 0.15) is 31.0 Å². The molecule has 0 atom stereocenters. The first-order valence-electron chi connectivity index (χ1n) is 6.09. The third kappa shape index (κ3) is 3.13. The van der Waals surface area contributed by atoms with Gasteiger partial charge in [-0.3, -0.25) is 0 Å². The summed E-state index contributed by atoms with van der Waals surface area (Å²) >= 11 is 0. The first kappa shape index (κ1) is 13.6. The average Bonchev–Trinajstić information content (AvgIpc) is 2.83. The molecule has 0 aliphatic carbocycles. The molecule has 1 heterocycles. The zero-order chi connectivity index (χ0) is 13.9. The van der Waals surface area contributed by atoms with Crippen LogP contribution in [0.15, 0.2) is 30.5 Å². The van der Waals surface area contributed by atoms with Gasteiger partial charge < -0.3 is 0 Å². The zero-order valence-corrected chi connectivity index (χ0v) is 10.5. The van der Waals surface area contributed by atoms with Crippen LogP contribution in [0.3, 0.4) is 0 Å². The van der Waals surface area contributed by atoms with Crippen LogP contribution in [0.4, 0.5) is 13.2 Å². The minimum atomic E-state index is -4.31. The molecule has 0 unspecified atom stereocenters. The molecule has 6 heteroatoms. The lowest BCUT2D eigenvalue weighted by Crippen LogP contribution is -2.06. The van der Waals surface area contributed by atoms with E-state index in [1.54, 1.807) is 10.9 Å². The summed E-state index contributed by atoms with van der Waals surface area (Å²) in [5.41, 5.74) is 0.838. The second kappa shape index (κ2) is 5.42. The molecule has 0 bridgehead atoms. The fourth-order valence-corrected chi connectivity index (χ4v) is 1.79. The summed E-state index contributed by atoms with van der Waals surface area (Å²) in [6.45, 7) is 2.08. The number of rotatable bonds is 4. The van der Waals surface area contributed by atoms with Crippen molar-refractivity contribution in [2.75, 3.05) is 0 Å². The molecular weight excluding hydrogens is 255 g/mol. The Bertz CT molecular complexity index is 529. The van der Waals surface area contributed by atoms with E-state index in [1.807, 2.05) is 0 Å². The molecule has 0 aliphatic rings. The number of aryl methyl sites for hydroxylation is 1. The number of benzene rings is 1. The number of unbranched alkanes of at least 4 members (excludes halogenated alkanes) is 1. The van der Waals surface area contributed by atoms with Crippen LogP contribution in [0.25, 0.3) is 5.69 Å². The maximum atomic E-state index is 12.5. The van der Waals surface area contributed by atoms with Crippen LogP contribution in [-0.2, 0) is 12.6 Å². The molecule has 0 saturated heterocycles. The number of alkyl halides is 3. The number of halogens is 3. The molecule has 2 rings (SSSR count). The molecule has 3 nitrogen and oxygen atoms in total. The van der Waals surface area contributed by atoms with Crippen molar-refractivity contribution in [3.63, 3.8) is 0 Å². The predicted octanol–water partition coefficient (Wildman–Crippen LogP) is 3.63. The lowest BCUT2D eigenvalue weighted by atomic mass is 10.2. The highest BCUT2D eigenvalue weighted by atomic mass is 19.4. The number of aromatic nitrogens is 3. The molecular formula is C13H14F3N3. The monoisotopic (exact) mass is 269 g/mol. The molecule has 0 spiro atoms. The summed E-state index contributed by atoms with van der Waals surface area (Å²) in [4.78, 5) is 0. The highest BCUT2D eigenvalue weighted by molar-refractivity contribution is 5.35. The Labute approximate surface area is 109 Å². The summed E-state index contributed by atoms with van der Waals surface area (Å²) in [5, 5.41) is 7.73. The van der Waals surface area contributed by atoms with Gasteiger partial charge in [-0.1, -0.05) is 18.6 Å². The number of hydrogen-bond donors (Lipinski definition) is 0. The van der Waals surface area contributed by atoms with E-state index in [1.165, 1.54) is 12.1 Å². The van der Waals surface area contributed by atoms with Gasteiger partial charge >= 0.3 is 6.18 Å². The summed E-state index contributed by atoms with van der Waals surface area (Å²) in [5.74, 6) is 0. The predicted molar refractivity (Wildman–Crippen MR) is 65.0 cm³/mol. The third-order valence-corrected chi connectivity index (χ3v) is 2.85. The number of hydrogen-bond acceptors (Lipinski definition) is 2. The molecule has 2 aromatic rings. The molecule has 1 aromatic heterocycles. The topological polar surface area (TPSA) is 30.7 Å². The van der Waals surface area contributed by atoms with E-state index in [-0.39, 0.29) is 0 Å². The molecule has 0 N–H and O–H groups in total. The van der Waals surface area contributed by atoms with Crippen molar-refractivity contribution < 1.29 is 13.2 Å². The van der Waals surface area contributed by atoms with Gasteiger partial charge in [-0.15, -0.1) is 5.10 Å². The van der Waals surface area contributed by atoms with Crippen molar-refractivity contribution in [3.8, 4) is 5.69 Å². The number of nitrogens with zero attached hydrogens (tertiary/aromatic N) is 3. The zero-order valence-electron chi connectivity index (χ0n) is 10.5. The fourth-order valence-electron chi connectivity index (χ4n) is 1.79. The Kier molecular flexibility index (Phi) is 3.87. The third-order valence-electron chi connectivity index (χ3n) is 2.85. The SMILES string of the molecule is CCCCc1cnnn1-c1ccc(C(F)(F)F)cc1. The fraction of sp³-hybridized carbons (Fsp3) is 0.385. The molecule has 0 radical (unpaired) electrons. The molecule has 19 heavy (non-hydrogen) atoms. The quantitative estimate of drug-likeness (QED) is 0.848. The highest BCUT2D eigenvalue weighted by Gasteiger charge is 2.30. The van der Waals surface area contributed by atoms with Gasteiger partial charge in [0, 0.05) is 0 Å². The lowest BCUT2D eigenvalue weighted by Gasteiger charge is -2.09. The van der Waals surface area contributed by atoms with E-state index in [2.05, 4.69) is 17.2 Å². The van der Waals surface area contributed by atoms with Crippen LogP contribution in [0.2, 0.25) is 0 Å². The maximum absolute atomic E-state index is 12.5. The van der Waals surface area contributed by atoms with Gasteiger partial charge in [0.25, 0.3) is 0 Å². The van der Waals surface area contributed by atoms with Crippen molar-refractivity contribution in [2.24, 2.45) is 0 Å². The van der Waals surface area contributed by atoms with Crippen molar-refractivity contribution in [1.82, 2.24) is 15.0 Å². The molecule has 102 valence electrons. The van der Waals surface area contributed by atoms with E-state index >= 15 is 0 Å². The minimum absolute atomic E-state index is 0.594. The van der Waals surface area contributed by atoms with Gasteiger partial charge in [-0.25, -0.2) is 4.68 Å². The molecule has 0 amide bonds. The van der Waals surface area contributed by atoms with Crippen LogP contribution in [0.5, 0.6) is 0 Å². The normalized spacial score (nSPS) is 11.8. The van der Waals surface area contributed by atoms with Crippen LogP contribution in [-0.4, -0.2) is 15.0 Å². The Balaban J connectivity index is 2.25. The first-order valence-corrected chi connectivity index (χ1v) is 6.09. The Morgan fingerprint density at radius 3 is 2.42 bits per heavy atom. The average molecular weight is 269 g/mol. The van der Waals surface area contributed by atoms with Gasteiger partial charge in [0.15, 0.2) is 0 Å². The largest absolute Gasteiger partial charge is 0.416 e. The lowest BCUT2D eigenvalue weighted by molar-refractivity contribution is -0.137. The smallest absolute Gasteiger partial charge is 0.218 e. The Morgan fingerprint density at radius 2 is 1.84 bits per heavy atom. The molecule has 0 fully saturated rings. The van der Waals surface area contributed by atoms with E-state index in [4.69, 9.17) is 0 Å². The van der Waals surface area contributed by atoms with Crippen molar-refractivity contribution >= 4 is 0 Å². The summed E-state index contributed by atoms with van der Waals surface area (Å²) < 4.78 is 39.0. The summed E-state index contributed by atoms with van der Waals surface area (Å²) in [6.07, 6.45) is 0.177. The Morgan fingerprint density at radius 1 is 1.16 bits per heavy atom. The van der Waals surface area contributed by atoms with Gasteiger partial charge in [0.05, 0.1) is 23.1 Å². The van der Waals surface area contributed by atoms with E-state index in [0.29, 0.717) is 5.69 Å². The van der Waals surface area contributed by atoms with Crippen molar-refractivity contribution in [1.29, 1.82) is 0 Å². The second-order valence-electron chi connectivity index (χ2n) is 4.29. The van der Waals surface area contributed by atoms with Crippen LogP contribution < -0.4 is 0 Å². The van der Waals surface area contributed by atoms with Crippen LogP contribution >= 0.6 is 0 Å². The highest BCUT2D eigenvalue weighted by Crippen LogP contribution is 2.29. The van der Waals surface area contributed by atoms with Gasteiger partial charge in [0.2, 0.25) is 0 Å². The van der Waals surface area contributed by atoms with Gasteiger partial charge in [-0.05, 0) is 37.1 Å². The van der Waals surface area contributed by atoms with Crippen molar-refractivity contribution in [2.45, 2.75) is 32.4 Å². The minimum Gasteiger partial charge on any atom is -0.218 e. The van der Waals surface area contributed by atoms with Gasteiger partial charge in [-0.2, -0.15) is 13.2 Å². The van der Waals surface area contributed by atoms with Crippen LogP contribution in [0, 0.1) is 0 Å². The van der Waals surface area contributed by atoms with Crippen molar-refractivity contribution in [3.05, 3.63) is 41.7 Å². The molecule has 0 saturated carbocycles. The summed E-state index contributed by atoms with van der Waals surface area (Å²) in [7, 11) is 0. The second-order valence-corrected chi connectivity index (χ2v) is 4.29. The standard InChI is InChI=1S/C13H14F3N3/c1-2-3-4-12-9-17-18-19(12)11-7-5-10(6-8-11)13(14,15)16/h5-9H,2-4H2,1H3. The molecule has 1 aromatic carbocycles.